The highest BCUT2D eigenvalue weighted by molar-refractivity contribution is 9.10. The van der Waals surface area contributed by atoms with E-state index >= 15 is 0 Å². The number of benzene rings is 1. The second kappa shape index (κ2) is 6.23. The average molecular weight is 339 g/mol. The maximum Gasteiger partial charge on any atom is 0.145 e. The van der Waals surface area contributed by atoms with Crippen LogP contribution in [0.1, 0.15) is 30.2 Å². The SMILES string of the molecule is CCCc1nn(Cc2ccc(Br)cc2)c(Cl)c1C#N. The zero-order valence-corrected chi connectivity index (χ0v) is 12.9. The van der Waals surface area contributed by atoms with E-state index in [9.17, 15) is 0 Å². The highest BCUT2D eigenvalue weighted by Crippen LogP contribution is 2.22. The highest BCUT2D eigenvalue weighted by atomic mass is 79.9. The lowest BCUT2D eigenvalue weighted by atomic mass is 10.2. The predicted octanol–water partition coefficient (Wildman–Crippen LogP) is 4.17. The Morgan fingerprint density at radius 3 is 2.63 bits per heavy atom. The molecule has 1 heterocycles. The first kappa shape index (κ1) is 14.1. The summed E-state index contributed by atoms with van der Waals surface area (Å²) in [6.45, 7) is 2.63. The number of nitriles is 1. The van der Waals surface area contributed by atoms with E-state index < -0.39 is 0 Å². The first-order valence-corrected chi connectivity index (χ1v) is 7.22. The Bertz CT molecular complexity index is 611. The van der Waals surface area contributed by atoms with Gasteiger partial charge in [-0.2, -0.15) is 10.4 Å². The zero-order valence-electron chi connectivity index (χ0n) is 10.5. The molecule has 0 radical (unpaired) electrons. The Morgan fingerprint density at radius 1 is 1.37 bits per heavy atom. The van der Waals surface area contributed by atoms with E-state index in [1.54, 1.807) is 4.68 Å². The van der Waals surface area contributed by atoms with Gasteiger partial charge in [-0.25, -0.2) is 4.68 Å². The Hall–Kier alpha value is -1.31. The molecule has 0 bridgehead atoms. The smallest absolute Gasteiger partial charge is 0.145 e. The van der Waals surface area contributed by atoms with Crippen LogP contribution in [0.5, 0.6) is 0 Å². The molecule has 3 nitrogen and oxygen atoms in total. The van der Waals surface area contributed by atoms with Crippen LogP contribution in [0.15, 0.2) is 28.7 Å². The number of nitrogens with zero attached hydrogens (tertiary/aromatic N) is 3. The van der Waals surface area contributed by atoms with Crippen molar-refractivity contribution in [2.24, 2.45) is 0 Å². The fourth-order valence-electron chi connectivity index (χ4n) is 1.88. The van der Waals surface area contributed by atoms with Crippen LogP contribution in [0, 0.1) is 11.3 Å². The fourth-order valence-corrected chi connectivity index (χ4v) is 2.39. The first-order valence-electron chi connectivity index (χ1n) is 6.05. The molecule has 0 aliphatic rings. The second-order valence-electron chi connectivity index (χ2n) is 4.26. The summed E-state index contributed by atoms with van der Waals surface area (Å²) in [7, 11) is 0. The number of hydrogen-bond acceptors (Lipinski definition) is 2. The van der Waals surface area contributed by atoms with Crippen molar-refractivity contribution in [1.29, 1.82) is 5.26 Å². The average Bonchev–Trinajstić information content (AvgIpc) is 2.69. The van der Waals surface area contributed by atoms with Crippen LogP contribution in [0.3, 0.4) is 0 Å². The van der Waals surface area contributed by atoms with Gasteiger partial charge in [0.15, 0.2) is 0 Å². The van der Waals surface area contributed by atoms with E-state index in [0.29, 0.717) is 17.3 Å². The van der Waals surface area contributed by atoms with E-state index in [1.807, 2.05) is 24.3 Å². The molecule has 5 heteroatoms. The van der Waals surface area contributed by atoms with Crippen molar-refractivity contribution in [3.05, 3.63) is 50.7 Å². The van der Waals surface area contributed by atoms with E-state index in [1.165, 1.54) is 0 Å². The van der Waals surface area contributed by atoms with Crippen LogP contribution in [-0.2, 0) is 13.0 Å². The fraction of sp³-hybridized carbons (Fsp3) is 0.286. The molecule has 1 aromatic carbocycles. The predicted molar refractivity (Wildman–Crippen MR) is 79.2 cm³/mol. The number of halogens is 2. The van der Waals surface area contributed by atoms with Gasteiger partial charge in [-0.3, -0.25) is 0 Å². The molecule has 0 spiro atoms. The van der Waals surface area contributed by atoms with Crippen LogP contribution >= 0.6 is 27.5 Å². The van der Waals surface area contributed by atoms with Crippen molar-refractivity contribution < 1.29 is 0 Å². The van der Waals surface area contributed by atoms with Gasteiger partial charge in [-0.15, -0.1) is 0 Å². The molecule has 2 rings (SSSR count). The zero-order chi connectivity index (χ0) is 13.8. The molecule has 98 valence electrons. The van der Waals surface area contributed by atoms with Gasteiger partial charge in [0.1, 0.15) is 16.8 Å². The van der Waals surface area contributed by atoms with Crippen molar-refractivity contribution in [3.63, 3.8) is 0 Å². The van der Waals surface area contributed by atoms with Crippen LogP contribution in [-0.4, -0.2) is 9.78 Å². The highest BCUT2D eigenvalue weighted by Gasteiger charge is 2.15. The number of hydrogen-bond donors (Lipinski definition) is 0. The van der Waals surface area contributed by atoms with Crippen molar-refractivity contribution >= 4 is 27.5 Å². The van der Waals surface area contributed by atoms with Gasteiger partial charge in [0.05, 0.1) is 12.2 Å². The number of aromatic nitrogens is 2. The lowest BCUT2D eigenvalue weighted by Crippen LogP contribution is -2.02. The van der Waals surface area contributed by atoms with Gasteiger partial charge in [0.2, 0.25) is 0 Å². The van der Waals surface area contributed by atoms with E-state index in [-0.39, 0.29) is 0 Å². The molecule has 0 fully saturated rings. The monoisotopic (exact) mass is 337 g/mol. The molecule has 0 atom stereocenters. The third-order valence-electron chi connectivity index (χ3n) is 2.81. The van der Waals surface area contributed by atoms with Crippen LogP contribution in [0.4, 0.5) is 0 Å². The summed E-state index contributed by atoms with van der Waals surface area (Å²) in [5.74, 6) is 0. The van der Waals surface area contributed by atoms with E-state index in [4.69, 9.17) is 16.9 Å². The van der Waals surface area contributed by atoms with Crippen LogP contribution in [0.2, 0.25) is 5.15 Å². The summed E-state index contributed by atoms with van der Waals surface area (Å²) in [5.41, 5.74) is 2.38. The Labute approximate surface area is 125 Å². The normalized spacial score (nSPS) is 10.4. The van der Waals surface area contributed by atoms with Crippen molar-refractivity contribution in [2.45, 2.75) is 26.3 Å². The molecule has 2 aromatic rings. The number of aryl methyl sites for hydroxylation is 1. The van der Waals surface area contributed by atoms with Gasteiger partial charge in [0, 0.05) is 4.47 Å². The third-order valence-corrected chi connectivity index (χ3v) is 3.72. The molecule has 0 saturated carbocycles. The van der Waals surface area contributed by atoms with Crippen molar-refractivity contribution in [1.82, 2.24) is 9.78 Å². The molecule has 1 aromatic heterocycles. The molecule has 0 aliphatic carbocycles. The quantitative estimate of drug-likeness (QED) is 0.839. The lowest BCUT2D eigenvalue weighted by Gasteiger charge is -2.03. The minimum absolute atomic E-state index is 0.425. The van der Waals surface area contributed by atoms with E-state index in [0.717, 1.165) is 28.6 Å². The van der Waals surface area contributed by atoms with Gasteiger partial charge in [-0.05, 0) is 24.1 Å². The summed E-state index contributed by atoms with van der Waals surface area (Å²) in [4.78, 5) is 0. The van der Waals surface area contributed by atoms with Gasteiger partial charge >= 0.3 is 0 Å². The second-order valence-corrected chi connectivity index (χ2v) is 5.53. The lowest BCUT2D eigenvalue weighted by molar-refractivity contribution is 0.668. The molecule has 0 amide bonds. The molecule has 0 aliphatic heterocycles. The van der Waals surface area contributed by atoms with Gasteiger partial charge in [-0.1, -0.05) is 53.0 Å². The molecule has 0 N–H and O–H groups in total. The van der Waals surface area contributed by atoms with Crippen LogP contribution in [0.25, 0.3) is 0 Å². The maximum absolute atomic E-state index is 9.15. The summed E-state index contributed by atoms with van der Waals surface area (Å²) < 4.78 is 2.72. The van der Waals surface area contributed by atoms with Gasteiger partial charge in [0.25, 0.3) is 0 Å². The summed E-state index contributed by atoms with van der Waals surface area (Å²) in [5, 5.41) is 14.0. The molecule has 19 heavy (non-hydrogen) atoms. The molecular weight excluding hydrogens is 326 g/mol. The number of rotatable bonds is 4. The molecule has 0 unspecified atom stereocenters. The van der Waals surface area contributed by atoms with Crippen molar-refractivity contribution in [3.8, 4) is 6.07 Å². The Kier molecular flexibility index (Phi) is 4.62. The largest absolute Gasteiger partial charge is 0.248 e. The summed E-state index contributed by atoms with van der Waals surface area (Å²) in [6, 6.07) is 10.1. The van der Waals surface area contributed by atoms with Crippen molar-refractivity contribution in [2.75, 3.05) is 0 Å². The van der Waals surface area contributed by atoms with Gasteiger partial charge < -0.3 is 0 Å². The Morgan fingerprint density at radius 2 is 2.05 bits per heavy atom. The topological polar surface area (TPSA) is 41.6 Å². The van der Waals surface area contributed by atoms with Crippen LogP contribution < -0.4 is 0 Å². The summed E-state index contributed by atoms with van der Waals surface area (Å²) in [6.07, 6.45) is 1.72. The van der Waals surface area contributed by atoms with E-state index in [2.05, 4.69) is 34.0 Å². The minimum atomic E-state index is 0.425. The summed E-state index contributed by atoms with van der Waals surface area (Å²) >= 11 is 9.62. The maximum atomic E-state index is 9.15. The third kappa shape index (κ3) is 3.17. The molecule has 0 saturated heterocycles. The first-order chi connectivity index (χ1) is 9.15. The standard InChI is InChI=1S/C14H13BrClN3/c1-2-3-13-12(8-17)14(16)19(18-13)9-10-4-6-11(15)7-5-10/h4-7H,2-3,9H2,1H3. The molecular formula is C14H13BrClN3. The minimum Gasteiger partial charge on any atom is -0.248 e. The Balaban J connectivity index is 2.30.